The number of rotatable bonds is 10. The van der Waals surface area contributed by atoms with Gasteiger partial charge in [0.15, 0.2) is 0 Å². The van der Waals surface area contributed by atoms with Crippen molar-refractivity contribution in [1.29, 1.82) is 10.5 Å². The second-order valence-corrected chi connectivity index (χ2v) is 10.7. The quantitative estimate of drug-likeness (QED) is 0.139. The molecular weight excluding hydrogens is 568 g/mol. The topological polar surface area (TPSA) is 161 Å². The predicted molar refractivity (Wildman–Crippen MR) is 156 cm³/mol. The van der Waals surface area contributed by atoms with Crippen LogP contribution in [0.3, 0.4) is 0 Å². The molecule has 0 unspecified atom stereocenters. The van der Waals surface area contributed by atoms with E-state index in [4.69, 9.17) is 32.5 Å². The molecule has 9 nitrogen and oxygen atoms in total. The van der Waals surface area contributed by atoms with Crippen LogP contribution in [0.15, 0.2) is 58.9 Å². The van der Waals surface area contributed by atoms with Crippen molar-refractivity contribution in [3.05, 3.63) is 75.8 Å². The Balaban J connectivity index is 1.52. The highest BCUT2D eigenvalue weighted by Crippen LogP contribution is 2.37. The molecule has 202 valence electrons. The van der Waals surface area contributed by atoms with Crippen molar-refractivity contribution in [3.63, 3.8) is 0 Å². The molecule has 4 aromatic rings. The summed E-state index contributed by atoms with van der Waals surface area (Å²) >= 11 is 8.82. The van der Waals surface area contributed by atoms with Crippen molar-refractivity contribution in [2.75, 3.05) is 18.9 Å². The molecule has 2 aromatic carbocycles. The molecule has 2 aromatic heterocycles. The summed E-state index contributed by atoms with van der Waals surface area (Å²) in [5.41, 5.74) is 14.8. The highest BCUT2D eigenvalue weighted by atomic mass is 35.5. The van der Waals surface area contributed by atoms with Crippen molar-refractivity contribution in [2.24, 2.45) is 5.73 Å². The Morgan fingerprint density at radius 3 is 2.38 bits per heavy atom. The molecule has 0 bridgehead atoms. The number of pyridine rings is 1. The summed E-state index contributed by atoms with van der Waals surface area (Å²) in [6.07, 6.45) is 0. The van der Waals surface area contributed by atoms with E-state index in [1.54, 1.807) is 31.2 Å². The molecule has 2 heterocycles. The van der Waals surface area contributed by atoms with E-state index in [-0.39, 0.29) is 30.2 Å². The fraction of sp³-hybridized carbons (Fsp3) is 0.179. The van der Waals surface area contributed by atoms with Gasteiger partial charge in [0.05, 0.1) is 11.3 Å². The van der Waals surface area contributed by atoms with Gasteiger partial charge in [0.25, 0.3) is 0 Å². The molecule has 0 spiro atoms. The maximum absolute atomic E-state index is 11.4. The first kappa shape index (κ1) is 28.9. The summed E-state index contributed by atoms with van der Waals surface area (Å²) in [5.74, 6) is 0.508. The van der Waals surface area contributed by atoms with Crippen LogP contribution in [-0.4, -0.2) is 35.2 Å². The Morgan fingerprint density at radius 2 is 1.73 bits per heavy atom. The fourth-order valence-electron chi connectivity index (χ4n) is 3.58. The highest BCUT2D eigenvalue weighted by molar-refractivity contribution is 7.98. The van der Waals surface area contributed by atoms with Gasteiger partial charge in [0.2, 0.25) is 0 Å². The lowest BCUT2D eigenvalue weighted by Crippen LogP contribution is -2.29. The van der Waals surface area contributed by atoms with Crippen LogP contribution < -0.4 is 16.2 Å². The van der Waals surface area contributed by atoms with Gasteiger partial charge in [-0.2, -0.15) is 10.5 Å². The van der Waals surface area contributed by atoms with Crippen molar-refractivity contribution >= 4 is 46.5 Å². The van der Waals surface area contributed by atoms with Crippen LogP contribution in [0.5, 0.6) is 5.75 Å². The van der Waals surface area contributed by atoms with Crippen LogP contribution in [0.4, 0.5) is 5.82 Å². The number of esters is 1. The lowest BCUT2D eigenvalue weighted by molar-refractivity contribution is -0.145. The van der Waals surface area contributed by atoms with Crippen LogP contribution in [-0.2, 0) is 15.3 Å². The van der Waals surface area contributed by atoms with E-state index in [1.807, 2.05) is 29.6 Å². The number of nitrogens with zero attached hydrogens (tertiary/aromatic N) is 4. The van der Waals surface area contributed by atoms with E-state index in [9.17, 15) is 15.3 Å². The van der Waals surface area contributed by atoms with Crippen molar-refractivity contribution < 1.29 is 14.3 Å². The summed E-state index contributed by atoms with van der Waals surface area (Å²) in [7, 11) is 0. The van der Waals surface area contributed by atoms with E-state index < -0.39 is 12.0 Å². The standard InChI is InChI=1S/C28H23ClN6O3S2/c1-16(32)28(36)38-11-10-37-21-8-4-17(5-9-21)24-22(12-30)25(33)35-27(23(24)13-31)40-15-20-14-39-26(34-20)18-2-6-19(29)7-3-18/h2-9,14,16H,10-11,15,32H2,1H3,(H2,33,35)/t16-/m0/s1. The molecule has 0 saturated heterocycles. The number of carbonyl (C=O) groups is 1. The average Bonchev–Trinajstić information content (AvgIpc) is 3.43. The minimum Gasteiger partial charge on any atom is -0.490 e. The van der Waals surface area contributed by atoms with Crippen molar-refractivity contribution in [1.82, 2.24) is 9.97 Å². The minimum absolute atomic E-state index is 0.0374. The van der Waals surface area contributed by atoms with Gasteiger partial charge in [0.1, 0.15) is 58.6 Å². The number of halogens is 1. The summed E-state index contributed by atoms with van der Waals surface area (Å²) in [5, 5.41) is 23.8. The molecule has 0 aliphatic rings. The summed E-state index contributed by atoms with van der Waals surface area (Å²) in [6, 6.07) is 17.9. The number of ether oxygens (including phenoxy) is 2. The van der Waals surface area contributed by atoms with E-state index in [0.29, 0.717) is 32.7 Å². The summed E-state index contributed by atoms with van der Waals surface area (Å²) in [4.78, 5) is 20.5. The maximum atomic E-state index is 11.4. The summed E-state index contributed by atoms with van der Waals surface area (Å²) < 4.78 is 10.6. The van der Waals surface area contributed by atoms with Crippen LogP contribution >= 0.6 is 34.7 Å². The molecule has 12 heteroatoms. The number of thioether (sulfide) groups is 1. The first-order valence-corrected chi connectivity index (χ1v) is 14.2. The number of benzene rings is 2. The van der Waals surface area contributed by atoms with Crippen LogP contribution in [0.1, 0.15) is 23.7 Å². The number of aromatic nitrogens is 2. The first-order chi connectivity index (χ1) is 19.3. The molecule has 0 radical (unpaired) electrons. The monoisotopic (exact) mass is 590 g/mol. The molecule has 0 fully saturated rings. The third-order valence-corrected chi connectivity index (χ3v) is 7.73. The Kier molecular flexibility index (Phi) is 9.59. The SMILES string of the molecule is C[C@H](N)C(=O)OCCOc1ccc(-c2c(C#N)c(N)nc(SCc3csc(-c4ccc(Cl)cc4)n3)c2C#N)cc1. The number of nitrogens with two attached hydrogens (primary N) is 2. The molecular formula is C28H23ClN6O3S2. The number of nitrogen functional groups attached to an aromatic ring is 1. The number of thiazole rings is 1. The Hall–Kier alpha value is -4.13. The van der Waals surface area contributed by atoms with E-state index in [1.165, 1.54) is 23.1 Å². The smallest absolute Gasteiger partial charge is 0.322 e. The number of nitriles is 2. The van der Waals surface area contributed by atoms with Gasteiger partial charge in [-0.3, -0.25) is 4.79 Å². The van der Waals surface area contributed by atoms with E-state index in [2.05, 4.69) is 22.1 Å². The molecule has 4 N–H and O–H groups in total. The van der Waals surface area contributed by atoms with Crippen LogP contribution in [0.2, 0.25) is 5.02 Å². The molecule has 4 rings (SSSR count). The second kappa shape index (κ2) is 13.3. The predicted octanol–water partition coefficient (Wildman–Crippen LogP) is 5.41. The van der Waals surface area contributed by atoms with Gasteiger partial charge in [-0.25, -0.2) is 9.97 Å². The average molecular weight is 591 g/mol. The first-order valence-electron chi connectivity index (χ1n) is 11.9. The van der Waals surface area contributed by atoms with Gasteiger partial charge < -0.3 is 20.9 Å². The van der Waals surface area contributed by atoms with Gasteiger partial charge in [0, 0.05) is 27.3 Å². The van der Waals surface area contributed by atoms with Crippen LogP contribution in [0.25, 0.3) is 21.7 Å². The highest BCUT2D eigenvalue weighted by Gasteiger charge is 2.21. The maximum Gasteiger partial charge on any atom is 0.322 e. The van der Waals surface area contributed by atoms with E-state index in [0.717, 1.165) is 16.3 Å². The zero-order valence-electron chi connectivity index (χ0n) is 21.3. The fourth-order valence-corrected chi connectivity index (χ4v) is 5.53. The van der Waals surface area contributed by atoms with Crippen molar-refractivity contribution in [3.8, 4) is 39.6 Å². The largest absolute Gasteiger partial charge is 0.490 e. The Labute approximate surface area is 244 Å². The third-order valence-electron chi connectivity index (χ3n) is 5.53. The minimum atomic E-state index is -0.702. The second-order valence-electron chi connectivity index (χ2n) is 8.42. The van der Waals surface area contributed by atoms with Crippen LogP contribution in [0, 0.1) is 22.7 Å². The Morgan fingerprint density at radius 1 is 1.05 bits per heavy atom. The molecule has 1 atom stereocenters. The van der Waals surface area contributed by atoms with Gasteiger partial charge in [-0.05, 0) is 36.8 Å². The number of hydrogen-bond acceptors (Lipinski definition) is 11. The third kappa shape index (κ3) is 6.89. The zero-order valence-corrected chi connectivity index (χ0v) is 23.6. The lowest BCUT2D eigenvalue weighted by atomic mass is 9.97. The van der Waals surface area contributed by atoms with Gasteiger partial charge in [-0.15, -0.1) is 11.3 Å². The zero-order chi connectivity index (χ0) is 28.6. The molecule has 0 aliphatic heterocycles. The summed E-state index contributed by atoms with van der Waals surface area (Å²) in [6.45, 7) is 1.74. The molecule has 0 amide bonds. The number of anilines is 1. The van der Waals surface area contributed by atoms with E-state index >= 15 is 0 Å². The van der Waals surface area contributed by atoms with Gasteiger partial charge >= 0.3 is 5.97 Å². The molecule has 40 heavy (non-hydrogen) atoms. The Bertz CT molecular complexity index is 1590. The molecule has 0 aliphatic carbocycles. The van der Waals surface area contributed by atoms with Crippen molar-refractivity contribution in [2.45, 2.75) is 23.7 Å². The van der Waals surface area contributed by atoms with Gasteiger partial charge in [-0.1, -0.05) is 47.6 Å². The molecule has 0 saturated carbocycles. The lowest BCUT2D eigenvalue weighted by Gasteiger charge is -2.13. The number of hydrogen-bond donors (Lipinski definition) is 2. The number of carbonyl (C=O) groups excluding carboxylic acids is 1. The normalized spacial score (nSPS) is 11.3.